The van der Waals surface area contributed by atoms with Crippen LogP contribution in [0.3, 0.4) is 0 Å². The van der Waals surface area contributed by atoms with Crippen LogP contribution in [0.4, 0.5) is 11.8 Å². The first-order chi connectivity index (χ1) is 16.2. The van der Waals surface area contributed by atoms with Crippen molar-refractivity contribution in [3.8, 4) is 0 Å². The molecule has 0 aliphatic carbocycles. The van der Waals surface area contributed by atoms with Gasteiger partial charge in [0.1, 0.15) is 6.04 Å². The van der Waals surface area contributed by atoms with Crippen molar-refractivity contribution in [1.29, 1.82) is 0 Å². The molecule has 0 saturated heterocycles. The van der Waals surface area contributed by atoms with Crippen molar-refractivity contribution < 1.29 is 24.6 Å². The molecule has 0 bridgehead atoms. The summed E-state index contributed by atoms with van der Waals surface area (Å²) >= 11 is 0. The molecule has 0 aliphatic rings. The summed E-state index contributed by atoms with van der Waals surface area (Å²) in [5.41, 5.74) is 13.7. The molecule has 1 amide bonds. The van der Waals surface area contributed by atoms with E-state index in [-0.39, 0.29) is 36.1 Å². The first kappa shape index (κ1) is 24.2. The number of aromatic nitrogens is 5. The Morgan fingerprint density at radius 2 is 1.82 bits per heavy atom. The minimum Gasteiger partial charge on any atom is -0.481 e. The fraction of sp³-hybridized carbons (Fsp3) is 0.333. The molecule has 0 aliphatic heterocycles. The molecule has 3 rings (SSSR count). The molecule has 0 fully saturated rings. The Morgan fingerprint density at radius 3 is 2.44 bits per heavy atom. The molecule has 2 atom stereocenters. The van der Waals surface area contributed by atoms with Crippen LogP contribution < -0.4 is 16.8 Å². The van der Waals surface area contributed by atoms with Crippen molar-refractivity contribution in [2.75, 3.05) is 11.5 Å². The lowest BCUT2D eigenvalue weighted by molar-refractivity contribution is -0.140. The Kier molecular flexibility index (Phi) is 7.46. The number of carbonyl (C=O) groups is 3. The van der Waals surface area contributed by atoms with Gasteiger partial charge in [0.15, 0.2) is 17.0 Å². The van der Waals surface area contributed by atoms with Gasteiger partial charge in [-0.05, 0) is 31.4 Å². The van der Waals surface area contributed by atoms with Gasteiger partial charge >= 0.3 is 11.9 Å². The number of pyridine rings is 1. The van der Waals surface area contributed by atoms with E-state index in [1.165, 1.54) is 12.3 Å². The summed E-state index contributed by atoms with van der Waals surface area (Å²) in [6, 6.07) is 1.91. The molecule has 3 heterocycles. The van der Waals surface area contributed by atoms with Crippen LogP contribution in [0.15, 0.2) is 24.5 Å². The van der Waals surface area contributed by atoms with Crippen LogP contribution in [0.25, 0.3) is 11.2 Å². The number of nitrogens with zero attached hydrogens (tertiary/aromatic N) is 5. The average molecular weight is 468 g/mol. The van der Waals surface area contributed by atoms with E-state index < -0.39 is 23.9 Å². The second-order valence-corrected chi connectivity index (χ2v) is 7.58. The summed E-state index contributed by atoms with van der Waals surface area (Å²) in [7, 11) is 0. The predicted molar refractivity (Wildman–Crippen MR) is 121 cm³/mol. The SMILES string of the molecule is CCC(Cc1cnc2nc(N)nc(N)c2n1)c1ccc(C(=O)N[C@@H](CCC(=O)O)C(=O)O)cn1. The quantitative estimate of drug-likeness (QED) is 0.278. The van der Waals surface area contributed by atoms with Crippen molar-refractivity contribution >= 4 is 40.8 Å². The van der Waals surface area contributed by atoms with Crippen molar-refractivity contribution in [3.05, 3.63) is 41.5 Å². The molecule has 0 aromatic carbocycles. The predicted octanol–water partition coefficient (Wildman–Crippen LogP) is 0.763. The highest BCUT2D eigenvalue weighted by atomic mass is 16.4. The highest BCUT2D eigenvalue weighted by molar-refractivity contribution is 5.96. The van der Waals surface area contributed by atoms with Crippen LogP contribution >= 0.6 is 0 Å². The summed E-state index contributed by atoms with van der Waals surface area (Å²) in [6.45, 7) is 1.99. The van der Waals surface area contributed by atoms with Crippen molar-refractivity contribution in [3.63, 3.8) is 0 Å². The highest BCUT2D eigenvalue weighted by Crippen LogP contribution is 2.23. The van der Waals surface area contributed by atoms with Gasteiger partial charge in [-0.1, -0.05) is 6.92 Å². The molecule has 3 aromatic heterocycles. The van der Waals surface area contributed by atoms with Gasteiger partial charge in [0.2, 0.25) is 5.95 Å². The minimum atomic E-state index is -1.31. The zero-order valence-corrected chi connectivity index (χ0v) is 18.3. The number of amides is 1. The van der Waals surface area contributed by atoms with Gasteiger partial charge in [-0.2, -0.15) is 9.97 Å². The normalized spacial score (nSPS) is 12.7. The number of aliphatic carboxylic acids is 2. The van der Waals surface area contributed by atoms with Gasteiger partial charge in [-0.25, -0.2) is 14.8 Å². The average Bonchev–Trinajstić information content (AvgIpc) is 2.80. The third-order valence-corrected chi connectivity index (χ3v) is 5.17. The highest BCUT2D eigenvalue weighted by Gasteiger charge is 2.22. The van der Waals surface area contributed by atoms with Gasteiger partial charge in [-0.15, -0.1) is 0 Å². The molecule has 178 valence electrons. The van der Waals surface area contributed by atoms with Gasteiger partial charge < -0.3 is 27.0 Å². The number of carboxylic acid groups (broad SMARTS) is 2. The Bertz CT molecular complexity index is 1220. The lowest BCUT2D eigenvalue weighted by atomic mass is 9.95. The monoisotopic (exact) mass is 468 g/mol. The van der Waals surface area contributed by atoms with E-state index in [1.54, 1.807) is 12.3 Å². The zero-order chi connectivity index (χ0) is 24.8. The molecular formula is C21H24N8O5. The van der Waals surface area contributed by atoms with Crippen LogP contribution in [0.2, 0.25) is 0 Å². The first-order valence-electron chi connectivity index (χ1n) is 10.4. The van der Waals surface area contributed by atoms with Gasteiger partial charge in [0.05, 0.1) is 17.5 Å². The van der Waals surface area contributed by atoms with E-state index in [1.807, 2.05) is 6.92 Å². The zero-order valence-electron chi connectivity index (χ0n) is 18.3. The third kappa shape index (κ3) is 5.88. The summed E-state index contributed by atoms with van der Waals surface area (Å²) in [5, 5.41) is 20.3. The third-order valence-electron chi connectivity index (χ3n) is 5.17. The van der Waals surface area contributed by atoms with E-state index in [9.17, 15) is 19.5 Å². The number of carbonyl (C=O) groups excluding carboxylic acids is 1. The Morgan fingerprint density at radius 1 is 1.06 bits per heavy atom. The maximum Gasteiger partial charge on any atom is 0.326 e. The number of rotatable bonds is 10. The van der Waals surface area contributed by atoms with Crippen LogP contribution in [0, 0.1) is 0 Å². The minimum absolute atomic E-state index is 0.0170. The van der Waals surface area contributed by atoms with Gasteiger partial charge in [-0.3, -0.25) is 14.6 Å². The van der Waals surface area contributed by atoms with Crippen LogP contribution in [-0.2, 0) is 16.0 Å². The molecule has 7 N–H and O–H groups in total. The molecule has 3 aromatic rings. The Hall–Kier alpha value is -4.42. The van der Waals surface area contributed by atoms with Crippen LogP contribution in [-0.4, -0.2) is 59.0 Å². The molecular weight excluding hydrogens is 444 g/mol. The molecule has 0 radical (unpaired) electrons. The van der Waals surface area contributed by atoms with Crippen molar-refractivity contribution in [2.24, 2.45) is 0 Å². The smallest absolute Gasteiger partial charge is 0.326 e. The number of nitrogens with two attached hydrogens (primary N) is 2. The number of hydrogen-bond acceptors (Lipinski definition) is 10. The molecule has 0 spiro atoms. The molecule has 1 unspecified atom stereocenters. The lowest BCUT2D eigenvalue weighted by Crippen LogP contribution is -2.41. The number of nitrogen functional groups attached to an aromatic ring is 2. The summed E-state index contributed by atoms with van der Waals surface area (Å²) in [6.07, 6.45) is 3.55. The first-order valence-corrected chi connectivity index (χ1v) is 10.4. The summed E-state index contributed by atoms with van der Waals surface area (Å²) in [4.78, 5) is 55.4. The van der Waals surface area contributed by atoms with Crippen molar-refractivity contribution in [2.45, 2.75) is 44.6 Å². The number of fused-ring (bicyclic) bond motifs is 1. The Balaban J connectivity index is 1.72. The fourth-order valence-corrected chi connectivity index (χ4v) is 3.34. The number of carboxylic acids is 2. The maximum absolute atomic E-state index is 12.4. The summed E-state index contributed by atoms with van der Waals surface area (Å²) in [5.74, 6) is -2.99. The molecule has 34 heavy (non-hydrogen) atoms. The molecule has 0 saturated carbocycles. The standard InChI is InChI=1S/C21H24N8O5/c1-2-10(7-12-9-25-18-16(26-12)17(22)28-21(23)29-18)13-4-3-11(8-24-13)19(32)27-14(20(33)34)5-6-15(30)31/h3-4,8-10,14H,2,5-7H2,1H3,(H,27,32)(H,30,31)(H,33,34)(H4,22,23,25,28,29)/t10?,14-/m0/s1. The van der Waals surface area contributed by atoms with Crippen molar-refractivity contribution in [1.82, 2.24) is 30.2 Å². The second kappa shape index (κ2) is 10.5. The second-order valence-electron chi connectivity index (χ2n) is 7.58. The van der Waals surface area contributed by atoms with Crippen LogP contribution in [0.5, 0.6) is 0 Å². The van der Waals surface area contributed by atoms with E-state index in [0.717, 1.165) is 6.42 Å². The van der Waals surface area contributed by atoms with Crippen LogP contribution in [0.1, 0.15) is 53.8 Å². The largest absolute Gasteiger partial charge is 0.481 e. The number of anilines is 2. The van der Waals surface area contributed by atoms with Gasteiger partial charge in [0.25, 0.3) is 5.91 Å². The fourth-order valence-electron chi connectivity index (χ4n) is 3.34. The van der Waals surface area contributed by atoms with E-state index in [0.29, 0.717) is 29.0 Å². The molecule has 13 heteroatoms. The Labute approximate surface area is 193 Å². The number of hydrogen-bond donors (Lipinski definition) is 5. The number of nitrogens with one attached hydrogen (secondary N) is 1. The molecule has 13 nitrogen and oxygen atoms in total. The van der Waals surface area contributed by atoms with E-state index in [2.05, 4.69) is 30.2 Å². The van der Waals surface area contributed by atoms with E-state index >= 15 is 0 Å². The van der Waals surface area contributed by atoms with E-state index in [4.69, 9.17) is 16.6 Å². The summed E-state index contributed by atoms with van der Waals surface area (Å²) < 4.78 is 0. The lowest BCUT2D eigenvalue weighted by Gasteiger charge is -2.16. The van der Waals surface area contributed by atoms with Gasteiger partial charge in [0, 0.05) is 24.2 Å². The maximum atomic E-state index is 12.4. The topological polar surface area (TPSA) is 220 Å².